The molecule has 0 bridgehead atoms. The van der Waals surface area contributed by atoms with Crippen LogP contribution in [0.2, 0.25) is 0 Å². The third kappa shape index (κ3) is 5.22. The van der Waals surface area contributed by atoms with Crippen LogP contribution in [0.1, 0.15) is 33.0 Å². The van der Waals surface area contributed by atoms with Gasteiger partial charge in [-0.2, -0.15) is 13.2 Å². The molecule has 1 aromatic rings. The van der Waals surface area contributed by atoms with Crippen LogP contribution in [0.5, 0.6) is 0 Å². The molecule has 0 radical (unpaired) electrons. The molecule has 0 amide bonds. The topological polar surface area (TPSA) is 41.0 Å². The monoisotopic (exact) mass is 290 g/mol. The minimum atomic E-state index is -4.26. The lowest BCUT2D eigenvalue weighted by Crippen LogP contribution is -2.39. The lowest BCUT2D eigenvalue weighted by molar-refractivity contribution is -0.120. The Hall–Kier alpha value is -1.53. The number of aryl methyl sites for hydroxylation is 1. The Labute approximate surface area is 117 Å². The van der Waals surface area contributed by atoms with Gasteiger partial charge in [0, 0.05) is 18.7 Å². The number of nitrogens with zero attached hydrogens (tertiary/aromatic N) is 3. The molecular formula is C13H21F3N4. The van der Waals surface area contributed by atoms with Crippen LogP contribution in [0.3, 0.4) is 0 Å². The molecule has 1 aromatic heterocycles. The Morgan fingerprint density at radius 1 is 1.30 bits per heavy atom. The van der Waals surface area contributed by atoms with Crippen molar-refractivity contribution in [1.29, 1.82) is 0 Å². The molecule has 0 spiro atoms. The highest BCUT2D eigenvalue weighted by atomic mass is 19.4. The van der Waals surface area contributed by atoms with E-state index < -0.39 is 12.7 Å². The second-order valence-electron chi connectivity index (χ2n) is 4.92. The number of anilines is 2. The van der Waals surface area contributed by atoms with Crippen LogP contribution in [-0.4, -0.2) is 35.3 Å². The number of alkyl halides is 3. The van der Waals surface area contributed by atoms with Crippen molar-refractivity contribution in [3.05, 3.63) is 11.9 Å². The molecule has 0 aliphatic heterocycles. The van der Waals surface area contributed by atoms with Crippen LogP contribution in [-0.2, 0) is 0 Å². The summed E-state index contributed by atoms with van der Waals surface area (Å²) in [6, 6.07) is 1.26. The Morgan fingerprint density at radius 3 is 2.45 bits per heavy atom. The van der Waals surface area contributed by atoms with Gasteiger partial charge in [0.2, 0.25) is 0 Å². The van der Waals surface area contributed by atoms with Crippen molar-refractivity contribution in [3.8, 4) is 0 Å². The molecule has 114 valence electrons. The number of hydrogen-bond donors (Lipinski definition) is 1. The molecule has 1 rings (SSSR count). The largest absolute Gasteiger partial charge is 0.405 e. The van der Waals surface area contributed by atoms with Gasteiger partial charge < -0.3 is 10.2 Å². The standard InChI is InChI=1S/C13H21F3N4/c1-5-6-17-11-7-12(19-10(4)18-11)20(9(2)3)8-13(14,15)16/h7,9H,5-6,8H2,1-4H3,(H,17,18,19). The van der Waals surface area contributed by atoms with E-state index in [9.17, 15) is 13.2 Å². The first-order valence-electron chi connectivity index (χ1n) is 6.66. The van der Waals surface area contributed by atoms with Gasteiger partial charge in [0.25, 0.3) is 0 Å². The maximum Gasteiger partial charge on any atom is 0.405 e. The summed E-state index contributed by atoms with van der Waals surface area (Å²) in [6.07, 6.45) is -3.35. The maximum absolute atomic E-state index is 12.7. The van der Waals surface area contributed by atoms with Gasteiger partial charge in [-0.15, -0.1) is 0 Å². The summed E-state index contributed by atoms with van der Waals surface area (Å²) in [5, 5.41) is 3.07. The second kappa shape index (κ2) is 6.76. The quantitative estimate of drug-likeness (QED) is 0.872. The Kier molecular flexibility index (Phi) is 5.59. The van der Waals surface area contributed by atoms with Gasteiger partial charge in [-0.3, -0.25) is 0 Å². The summed E-state index contributed by atoms with van der Waals surface area (Å²) >= 11 is 0. The summed E-state index contributed by atoms with van der Waals surface area (Å²) in [4.78, 5) is 9.53. The predicted molar refractivity (Wildman–Crippen MR) is 74.1 cm³/mol. The number of aromatic nitrogens is 2. The fourth-order valence-electron chi connectivity index (χ4n) is 1.76. The van der Waals surface area contributed by atoms with E-state index in [0.29, 0.717) is 17.5 Å². The zero-order chi connectivity index (χ0) is 15.3. The van der Waals surface area contributed by atoms with Crippen LogP contribution in [0.15, 0.2) is 6.07 Å². The van der Waals surface area contributed by atoms with Gasteiger partial charge in [0.1, 0.15) is 24.0 Å². The van der Waals surface area contributed by atoms with Crippen molar-refractivity contribution in [2.75, 3.05) is 23.3 Å². The van der Waals surface area contributed by atoms with Crippen LogP contribution in [0, 0.1) is 6.92 Å². The van der Waals surface area contributed by atoms with Gasteiger partial charge in [0.15, 0.2) is 0 Å². The molecule has 0 atom stereocenters. The maximum atomic E-state index is 12.7. The van der Waals surface area contributed by atoms with E-state index in [-0.39, 0.29) is 6.04 Å². The second-order valence-corrected chi connectivity index (χ2v) is 4.92. The van der Waals surface area contributed by atoms with Gasteiger partial charge in [-0.1, -0.05) is 6.92 Å². The minimum absolute atomic E-state index is 0.295. The van der Waals surface area contributed by atoms with Crippen molar-refractivity contribution in [3.63, 3.8) is 0 Å². The molecule has 4 nitrogen and oxygen atoms in total. The molecule has 0 saturated carbocycles. The molecule has 0 aromatic carbocycles. The van der Waals surface area contributed by atoms with Crippen LogP contribution >= 0.6 is 0 Å². The first-order valence-corrected chi connectivity index (χ1v) is 6.66. The molecule has 0 fully saturated rings. The highest BCUT2D eigenvalue weighted by molar-refractivity contribution is 5.50. The summed E-state index contributed by atoms with van der Waals surface area (Å²) in [7, 11) is 0. The van der Waals surface area contributed by atoms with Crippen molar-refractivity contribution < 1.29 is 13.2 Å². The van der Waals surface area contributed by atoms with E-state index in [1.807, 2.05) is 6.92 Å². The van der Waals surface area contributed by atoms with Gasteiger partial charge in [-0.25, -0.2) is 9.97 Å². The molecule has 0 aliphatic rings. The van der Waals surface area contributed by atoms with E-state index in [0.717, 1.165) is 13.0 Å². The minimum Gasteiger partial charge on any atom is -0.370 e. The molecular weight excluding hydrogens is 269 g/mol. The highest BCUT2D eigenvalue weighted by Crippen LogP contribution is 2.24. The third-order valence-electron chi connectivity index (χ3n) is 2.65. The van der Waals surface area contributed by atoms with Gasteiger partial charge in [0.05, 0.1) is 0 Å². The van der Waals surface area contributed by atoms with E-state index in [4.69, 9.17) is 0 Å². The highest BCUT2D eigenvalue weighted by Gasteiger charge is 2.32. The van der Waals surface area contributed by atoms with Crippen LogP contribution in [0.4, 0.5) is 24.8 Å². The Balaban J connectivity index is 3.03. The first-order chi connectivity index (χ1) is 9.23. The lowest BCUT2D eigenvalue weighted by Gasteiger charge is -2.29. The number of halogens is 3. The molecule has 7 heteroatoms. The van der Waals surface area contributed by atoms with E-state index in [2.05, 4.69) is 15.3 Å². The SMILES string of the molecule is CCCNc1cc(N(CC(F)(F)F)C(C)C)nc(C)n1. The van der Waals surface area contributed by atoms with Crippen molar-refractivity contribution in [2.24, 2.45) is 0 Å². The molecule has 0 aliphatic carbocycles. The zero-order valence-electron chi connectivity index (χ0n) is 12.3. The van der Waals surface area contributed by atoms with Crippen molar-refractivity contribution in [1.82, 2.24) is 9.97 Å². The Morgan fingerprint density at radius 2 is 1.95 bits per heavy atom. The van der Waals surface area contributed by atoms with E-state index in [1.165, 1.54) is 4.90 Å². The smallest absolute Gasteiger partial charge is 0.370 e. The fraction of sp³-hybridized carbons (Fsp3) is 0.692. The Bertz CT molecular complexity index is 432. The average Bonchev–Trinajstić information content (AvgIpc) is 2.31. The molecule has 20 heavy (non-hydrogen) atoms. The number of hydrogen-bond acceptors (Lipinski definition) is 4. The van der Waals surface area contributed by atoms with Crippen molar-refractivity contribution >= 4 is 11.6 Å². The summed E-state index contributed by atoms with van der Waals surface area (Å²) < 4.78 is 38.0. The molecule has 1 N–H and O–H groups in total. The normalized spacial score (nSPS) is 11.8. The van der Waals surface area contributed by atoms with Crippen molar-refractivity contribution in [2.45, 2.75) is 46.3 Å². The predicted octanol–water partition coefficient (Wildman–Crippen LogP) is 3.38. The number of nitrogens with one attached hydrogen (secondary N) is 1. The average molecular weight is 290 g/mol. The molecule has 0 unspecified atom stereocenters. The van der Waals surface area contributed by atoms with Crippen LogP contribution < -0.4 is 10.2 Å². The summed E-state index contributed by atoms with van der Waals surface area (Å²) in [5.41, 5.74) is 0. The molecule has 0 saturated heterocycles. The molecule has 1 heterocycles. The summed E-state index contributed by atoms with van der Waals surface area (Å²) in [5.74, 6) is 1.31. The lowest BCUT2D eigenvalue weighted by atomic mass is 10.3. The zero-order valence-corrected chi connectivity index (χ0v) is 12.3. The first kappa shape index (κ1) is 16.5. The fourth-order valence-corrected chi connectivity index (χ4v) is 1.76. The summed E-state index contributed by atoms with van der Waals surface area (Å²) in [6.45, 7) is 6.80. The third-order valence-corrected chi connectivity index (χ3v) is 2.65. The van der Waals surface area contributed by atoms with E-state index >= 15 is 0 Å². The number of rotatable bonds is 6. The van der Waals surface area contributed by atoms with E-state index in [1.54, 1.807) is 26.8 Å². The van der Waals surface area contributed by atoms with Gasteiger partial charge >= 0.3 is 6.18 Å². The van der Waals surface area contributed by atoms with Crippen LogP contribution in [0.25, 0.3) is 0 Å². The van der Waals surface area contributed by atoms with Gasteiger partial charge in [-0.05, 0) is 27.2 Å².